The van der Waals surface area contributed by atoms with Gasteiger partial charge in [-0.1, -0.05) is 36.4 Å². The van der Waals surface area contributed by atoms with Crippen LogP contribution >= 0.6 is 0 Å². The van der Waals surface area contributed by atoms with E-state index < -0.39 is 0 Å². The van der Waals surface area contributed by atoms with E-state index >= 15 is 0 Å². The number of hydrogen-bond acceptors (Lipinski definition) is 3. The van der Waals surface area contributed by atoms with E-state index in [2.05, 4.69) is 0 Å². The molecule has 0 atom stereocenters. The van der Waals surface area contributed by atoms with Crippen molar-refractivity contribution in [3.05, 3.63) is 72.8 Å². The molecule has 0 amide bonds. The summed E-state index contributed by atoms with van der Waals surface area (Å²) in [6.45, 7) is 0. The molecule has 104 valence electrons. The lowest BCUT2D eigenvalue weighted by molar-refractivity contribution is 0.455. The second-order valence-electron chi connectivity index (χ2n) is 4.64. The van der Waals surface area contributed by atoms with Crippen molar-refractivity contribution < 1.29 is 14.9 Å². The van der Waals surface area contributed by atoms with Crippen LogP contribution in [0.2, 0.25) is 0 Å². The summed E-state index contributed by atoms with van der Waals surface area (Å²) in [4.78, 5) is 0. The highest BCUT2D eigenvalue weighted by Crippen LogP contribution is 2.31. The molecule has 3 aromatic rings. The van der Waals surface area contributed by atoms with Gasteiger partial charge in [-0.05, 0) is 35.9 Å². The molecule has 3 nitrogen and oxygen atoms in total. The SMILES string of the molecule is Oc1cccc(Oc2ccc(-c3ccccc3O)cc2)c1. The summed E-state index contributed by atoms with van der Waals surface area (Å²) < 4.78 is 5.66. The molecule has 0 aromatic heterocycles. The van der Waals surface area contributed by atoms with E-state index in [-0.39, 0.29) is 11.5 Å². The Morgan fingerprint density at radius 1 is 0.667 bits per heavy atom. The molecule has 0 aliphatic heterocycles. The minimum Gasteiger partial charge on any atom is -0.508 e. The first-order valence-corrected chi connectivity index (χ1v) is 6.58. The second-order valence-corrected chi connectivity index (χ2v) is 4.64. The first-order chi connectivity index (χ1) is 10.2. The molecule has 2 N–H and O–H groups in total. The van der Waals surface area contributed by atoms with Crippen LogP contribution in [0.3, 0.4) is 0 Å². The number of para-hydroxylation sites is 1. The minimum absolute atomic E-state index is 0.165. The predicted molar refractivity (Wildman–Crippen MR) is 81.7 cm³/mol. The summed E-state index contributed by atoms with van der Waals surface area (Å²) in [5, 5.41) is 19.2. The van der Waals surface area contributed by atoms with Crippen LogP contribution in [-0.4, -0.2) is 10.2 Å². The Kier molecular flexibility index (Phi) is 3.48. The van der Waals surface area contributed by atoms with Crippen LogP contribution in [0.25, 0.3) is 11.1 Å². The Hall–Kier alpha value is -2.94. The molecule has 0 aliphatic rings. The standard InChI is InChI=1S/C18H14O3/c19-14-4-3-5-16(12-14)21-15-10-8-13(9-11-15)17-6-1-2-7-18(17)20/h1-12,19-20H. The third kappa shape index (κ3) is 2.98. The quantitative estimate of drug-likeness (QED) is 0.738. The molecule has 0 saturated heterocycles. The molecule has 0 fully saturated rings. The Bertz CT molecular complexity index is 748. The lowest BCUT2D eigenvalue weighted by Crippen LogP contribution is -1.84. The zero-order valence-electron chi connectivity index (χ0n) is 11.2. The van der Waals surface area contributed by atoms with E-state index in [1.54, 1.807) is 36.4 Å². The molecule has 3 aromatic carbocycles. The topological polar surface area (TPSA) is 49.7 Å². The Labute approximate surface area is 122 Å². The maximum atomic E-state index is 9.84. The van der Waals surface area contributed by atoms with Gasteiger partial charge in [0.2, 0.25) is 0 Å². The van der Waals surface area contributed by atoms with Crippen molar-refractivity contribution in [2.24, 2.45) is 0 Å². The number of benzene rings is 3. The van der Waals surface area contributed by atoms with Gasteiger partial charge in [0.15, 0.2) is 0 Å². The van der Waals surface area contributed by atoms with Crippen molar-refractivity contribution in [3.8, 4) is 34.1 Å². The van der Waals surface area contributed by atoms with Crippen LogP contribution in [-0.2, 0) is 0 Å². The smallest absolute Gasteiger partial charge is 0.131 e. The fourth-order valence-electron chi connectivity index (χ4n) is 2.10. The Morgan fingerprint density at radius 3 is 2.14 bits per heavy atom. The van der Waals surface area contributed by atoms with Crippen molar-refractivity contribution in [2.75, 3.05) is 0 Å². The molecule has 0 unspecified atom stereocenters. The van der Waals surface area contributed by atoms with Crippen molar-refractivity contribution in [1.29, 1.82) is 0 Å². The van der Waals surface area contributed by atoms with Gasteiger partial charge < -0.3 is 14.9 Å². The van der Waals surface area contributed by atoms with Gasteiger partial charge in [0.1, 0.15) is 23.0 Å². The van der Waals surface area contributed by atoms with Crippen LogP contribution in [0.5, 0.6) is 23.0 Å². The summed E-state index contributed by atoms with van der Waals surface area (Å²) in [6.07, 6.45) is 0. The zero-order valence-corrected chi connectivity index (χ0v) is 11.2. The maximum absolute atomic E-state index is 9.84. The highest BCUT2D eigenvalue weighted by atomic mass is 16.5. The highest BCUT2D eigenvalue weighted by molar-refractivity contribution is 5.70. The lowest BCUT2D eigenvalue weighted by atomic mass is 10.0. The first-order valence-electron chi connectivity index (χ1n) is 6.58. The van der Waals surface area contributed by atoms with Gasteiger partial charge in [-0.2, -0.15) is 0 Å². The van der Waals surface area contributed by atoms with E-state index in [1.807, 2.05) is 36.4 Å². The molecule has 3 rings (SSSR count). The highest BCUT2D eigenvalue weighted by Gasteiger charge is 2.04. The number of aromatic hydroxyl groups is 2. The van der Waals surface area contributed by atoms with Crippen LogP contribution in [0, 0.1) is 0 Å². The first kappa shape index (κ1) is 13.1. The average Bonchev–Trinajstić information content (AvgIpc) is 2.49. The molecule has 0 radical (unpaired) electrons. The van der Waals surface area contributed by atoms with Gasteiger partial charge in [0.05, 0.1) is 0 Å². The summed E-state index contributed by atoms with van der Waals surface area (Å²) >= 11 is 0. The summed E-state index contributed by atoms with van der Waals surface area (Å²) in [6, 6.07) is 21.2. The van der Waals surface area contributed by atoms with Gasteiger partial charge >= 0.3 is 0 Å². The minimum atomic E-state index is 0.165. The predicted octanol–water partition coefficient (Wildman–Crippen LogP) is 4.56. The zero-order chi connectivity index (χ0) is 14.7. The lowest BCUT2D eigenvalue weighted by Gasteiger charge is -2.08. The van der Waals surface area contributed by atoms with Crippen LogP contribution in [0.1, 0.15) is 0 Å². The normalized spacial score (nSPS) is 10.3. The van der Waals surface area contributed by atoms with Gasteiger partial charge in [0, 0.05) is 11.6 Å². The van der Waals surface area contributed by atoms with Crippen LogP contribution < -0.4 is 4.74 Å². The fraction of sp³-hybridized carbons (Fsp3) is 0. The molecular weight excluding hydrogens is 264 g/mol. The number of phenolic OH excluding ortho intramolecular Hbond substituents is 2. The molecular formula is C18H14O3. The largest absolute Gasteiger partial charge is 0.508 e. The second kappa shape index (κ2) is 5.59. The van der Waals surface area contributed by atoms with Crippen LogP contribution in [0.4, 0.5) is 0 Å². The Morgan fingerprint density at radius 2 is 1.43 bits per heavy atom. The Balaban J connectivity index is 1.83. The molecule has 0 bridgehead atoms. The molecule has 21 heavy (non-hydrogen) atoms. The summed E-state index contributed by atoms with van der Waals surface area (Å²) in [5.74, 6) is 1.66. The van der Waals surface area contributed by atoms with Crippen LogP contribution in [0.15, 0.2) is 72.8 Å². The summed E-state index contributed by atoms with van der Waals surface area (Å²) in [7, 11) is 0. The monoisotopic (exact) mass is 278 g/mol. The average molecular weight is 278 g/mol. The van der Waals surface area contributed by atoms with E-state index in [0.717, 1.165) is 11.1 Å². The molecule has 3 heteroatoms. The number of rotatable bonds is 3. The van der Waals surface area contributed by atoms with E-state index in [9.17, 15) is 10.2 Å². The number of ether oxygens (including phenoxy) is 1. The van der Waals surface area contributed by atoms with Crippen molar-refractivity contribution in [2.45, 2.75) is 0 Å². The third-order valence-corrected chi connectivity index (χ3v) is 3.12. The van der Waals surface area contributed by atoms with Crippen molar-refractivity contribution in [3.63, 3.8) is 0 Å². The van der Waals surface area contributed by atoms with Gasteiger partial charge in [-0.15, -0.1) is 0 Å². The van der Waals surface area contributed by atoms with E-state index in [4.69, 9.17) is 4.74 Å². The van der Waals surface area contributed by atoms with Crippen molar-refractivity contribution in [1.82, 2.24) is 0 Å². The van der Waals surface area contributed by atoms with Gasteiger partial charge in [-0.3, -0.25) is 0 Å². The molecule has 0 aliphatic carbocycles. The molecule has 0 saturated carbocycles. The van der Waals surface area contributed by atoms with E-state index in [1.165, 1.54) is 0 Å². The van der Waals surface area contributed by atoms with E-state index in [0.29, 0.717) is 11.5 Å². The fourth-order valence-corrected chi connectivity index (χ4v) is 2.10. The number of phenols is 2. The molecule has 0 heterocycles. The number of hydrogen-bond donors (Lipinski definition) is 2. The van der Waals surface area contributed by atoms with Gasteiger partial charge in [0.25, 0.3) is 0 Å². The van der Waals surface area contributed by atoms with Gasteiger partial charge in [-0.25, -0.2) is 0 Å². The summed E-state index contributed by atoms with van der Waals surface area (Å²) in [5.41, 5.74) is 1.69. The molecule has 0 spiro atoms. The van der Waals surface area contributed by atoms with Crippen molar-refractivity contribution >= 4 is 0 Å². The maximum Gasteiger partial charge on any atom is 0.131 e. The third-order valence-electron chi connectivity index (χ3n) is 3.12.